The molecular formula is C38H54N2O6. The molecular weight excluding hydrogens is 580 g/mol. The van der Waals surface area contributed by atoms with E-state index in [9.17, 15) is 19.5 Å². The molecule has 7 rings (SSSR count). The third-order valence-corrected chi connectivity index (χ3v) is 14.2. The number of nitrogens with one attached hydrogen (secondary N) is 2. The zero-order chi connectivity index (χ0) is 32.4. The number of amides is 2. The first kappa shape index (κ1) is 32.1. The Morgan fingerprint density at radius 1 is 0.978 bits per heavy atom. The molecule has 1 aromatic rings. The molecule has 46 heavy (non-hydrogen) atoms. The lowest BCUT2D eigenvalue weighted by molar-refractivity contribution is -0.272. The smallest absolute Gasteiger partial charge is 0.229 e. The molecule has 0 unspecified atom stereocenters. The Morgan fingerprint density at radius 3 is 2.50 bits per heavy atom. The molecule has 6 aliphatic rings. The molecule has 2 aliphatic heterocycles. The van der Waals surface area contributed by atoms with Crippen LogP contribution >= 0.6 is 0 Å². The fourth-order valence-corrected chi connectivity index (χ4v) is 11.6. The SMILES string of the molecule is C[C@@H]1CC[C@@]2(OC1)O[C@H]1C[C@H]3[C@@H]4CC[C@H]5C[C@@H](NC(=O)CC(=O)NCCc6ccc(O)cc6)CC[C@]5(C)[C@H]4CC(=O)[C@]3(C)[C@H]1[C@@H]2C. The summed E-state index contributed by atoms with van der Waals surface area (Å²) in [6.07, 6.45) is 9.42. The summed E-state index contributed by atoms with van der Waals surface area (Å²) in [5.41, 5.74) is 0.781. The summed E-state index contributed by atoms with van der Waals surface area (Å²) in [5, 5.41) is 15.5. The second kappa shape index (κ2) is 11.9. The normalized spacial score (nSPS) is 44.5. The summed E-state index contributed by atoms with van der Waals surface area (Å²) in [7, 11) is 0. The number of rotatable bonds is 6. The van der Waals surface area contributed by atoms with Crippen LogP contribution in [0.25, 0.3) is 0 Å². The van der Waals surface area contributed by atoms with Gasteiger partial charge in [0.05, 0.1) is 12.7 Å². The Morgan fingerprint density at radius 2 is 1.76 bits per heavy atom. The first-order valence-corrected chi connectivity index (χ1v) is 18.1. The number of aromatic hydroxyl groups is 1. The molecule has 1 spiro atoms. The van der Waals surface area contributed by atoms with Crippen molar-refractivity contribution in [2.75, 3.05) is 13.2 Å². The van der Waals surface area contributed by atoms with Crippen LogP contribution in [0.3, 0.4) is 0 Å². The average Bonchev–Trinajstić information content (AvgIpc) is 3.47. The molecule has 4 aliphatic carbocycles. The first-order chi connectivity index (χ1) is 21.9. The van der Waals surface area contributed by atoms with Gasteiger partial charge >= 0.3 is 0 Å². The molecule has 12 atom stereocenters. The van der Waals surface area contributed by atoms with Crippen LogP contribution in [-0.4, -0.2) is 53.8 Å². The van der Waals surface area contributed by atoms with Crippen molar-refractivity contribution in [1.82, 2.24) is 10.6 Å². The zero-order valence-corrected chi connectivity index (χ0v) is 28.2. The first-order valence-electron chi connectivity index (χ1n) is 18.1. The van der Waals surface area contributed by atoms with Crippen molar-refractivity contribution in [2.45, 2.75) is 116 Å². The quantitative estimate of drug-likeness (QED) is 0.354. The molecule has 0 radical (unpaired) electrons. The van der Waals surface area contributed by atoms with E-state index in [-0.39, 0.29) is 58.8 Å². The molecule has 4 saturated carbocycles. The predicted octanol–water partition coefficient (Wildman–Crippen LogP) is 5.55. The lowest BCUT2D eigenvalue weighted by Crippen LogP contribution is -2.59. The van der Waals surface area contributed by atoms with Gasteiger partial charge in [0.2, 0.25) is 11.8 Å². The highest BCUT2D eigenvalue weighted by molar-refractivity contribution is 5.97. The lowest BCUT2D eigenvalue weighted by Gasteiger charge is -2.60. The van der Waals surface area contributed by atoms with Gasteiger partial charge in [0.15, 0.2) is 5.79 Å². The highest BCUT2D eigenvalue weighted by atomic mass is 16.7. The van der Waals surface area contributed by atoms with E-state index in [1.165, 1.54) is 0 Å². The minimum Gasteiger partial charge on any atom is -0.508 e. The van der Waals surface area contributed by atoms with Gasteiger partial charge in [-0.05, 0) is 104 Å². The fraction of sp³-hybridized carbons (Fsp3) is 0.763. The van der Waals surface area contributed by atoms with Crippen LogP contribution in [0, 0.1) is 52.3 Å². The van der Waals surface area contributed by atoms with Crippen molar-refractivity contribution in [3.63, 3.8) is 0 Å². The predicted molar refractivity (Wildman–Crippen MR) is 173 cm³/mol. The van der Waals surface area contributed by atoms with Gasteiger partial charge in [-0.1, -0.05) is 39.8 Å². The molecule has 6 fully saturated rings. The van der Waals surface area contributed by atoms with Crippen LogP contribution in [-0.2, 0) is 30.3 Å². The Balaban J connectivity index is 0.943. The summed E-state index contributed by atoms with van der Waals surface area (Å²) in [6, 6.07) is 6.99. The van der Waals surface area contributed by atoms with Crippen molar-refractivity contribution >= 4 is 17.6 Å². The van der Waals surface area contributed by atoms with Crippen molar-refractivity contribution in [1.29, 1.82) is 0 Å². The van der Waals surface area contributed by atoms with E-state index in [0.717, 1.165) is 63.5 Å². The van der Waals surface area contributed by atoms with Gasteiger partial charge < -0.3 is 25.2 Å². The number of phenolic OH excluding ortho intramolecular Hbond substituents is 1. The molecule has 0 aromatic heterocycles. The van der Waals surface area contributed by atoms with Crippen molar-refractivity contribution in [3.05, 3.63) is 29.8 Å². The number of carbonyl (C=O) groups excluding carboxylic acids is 3. The van der Waals surface area contributed by atoms with Gasteiger partial charge in [-0.2, -0.15) is 0 Å². The van der Waals surface area contributed by atoms with E-state index in [2.05, 4.69) is 38.3 Å². The number of hydrogen-bond donors (Lipinski definition) is 3. The minimum absolute atomic E-state index is 0.0750. The van der Waals surface area contributed by atoms with Crippen molar-refractivity contribution in [3.8, 4) is 5.75 Å². The van der Waals surface area contributed by atoms with Crippen molar-refractivity contribution < 1.29 is 29.0 Å². The van der Waals surface area contributed by atoms with Gasteiger partial charge in [-0.15, -0.1) is 0 Å². The second-order valence-corrected chi connectivity index (χ2v) is 16.5. The van der Waals surface area contributed by atoms with E-state index < -0.39 is 5.79 Å². The number of benzene rings is 1. The van der Waals surface area contributed by atoms with Gasteiger partial charge in [0.25, 0.3) is 0 Å². The maximum absolute atomic E-state index is 14.4. The third-order valence-electron chi connectivity index (χ3n) is 14.2. The Bertz CT molecular complexity index is 1340. The summed E-state index contributed by atoms with van der Waals surface area (Å²) in [6.45, 7) is 10.5. The number of carbonyl (C=O) groups is 3. The summed E-state index contributed by atoms with van der Waals surface area (Å²) in [5.74, 6) is 2.50. The molecule has 1 aromatic carbocycles. The summed E-state index contributed by atoms with van der Waals surface area (Å²) in [4.78, 5) is 39.7. The highest BCUT2D eigenvalue weighted by Gasteiger charge is 2.71. The van der Waals surface area contributed by atoms with Crippen LogP contribution in [0.15, 0.2) is 24.3 Å². The van der Waals surface area contributed by atoms with E-state index in [1.54, 1.807) is 12.1 Å². The Kier molecular flexibility index (Phi) is 8.31. The maximum atomic E-state index is 14.4. The number of fused-ring (bicyclic) bond motifs is 7. The number of ether oxygens (including phenoxy) is 2. The van der Waals surface area contributed by atoms with Crippen LogP contribution in [0.1, 0.15) is 97.5 Å². The number of phenols is 1. The molecule has 2 amide bonds. The third kappa shape index (κ3) is 5.30. The molecule has 2 heterocycles. The lowest BCUT2D eigenvalue weighted by atomic mass is 9.44. The van der Waals surface area contributed by atoms with Gasteiger partial charge in [-0.3, -0.25) is 14.4 Å². The fourth-order valence-electron chi connectivity index (χ4n) is 11.6. The molecule has 8 heteroatoms. The van der Waals surface area contributed by atoms with Crippen LogP contribution < -0.4 is 10.6 Å². The Hall–Kier alpha value is -2.45. The van der Waals surface area contributed by atoms with Crippen LogP contribution in [0.2, 0.25) is 0 Å². The number of hydrogen-bond acceptors (Lipinski definition) is 6. The standard InChI is InChI=1S/C38H54N2O6/c1-22-11-15-38(45-21-22)23(2)35-31(46-38)18-30-28-10-7-25-17-26(12-14-36(25,3)29(28)19-32(42)37(30,35)4)40-34(44)20-33(43)39-16-13-24-5-8-27(41)9-6-24/h5-6,8-9,22-23,25-26,28-31,35,41H,7,10-21H2,1-4H3,(H,39,43)(H,40,44)/t22-,23+,25+,26+,28-,29+,30+,31+,35+,36+,37-,38-/m1/s1. The zero-order valence-electron chi connectivity index (χ0n) is 28.2. The second-order valence-electron chi connectivity index (χ2n) is 16.5. The van der Waals surface area contributed by atoms with Gasteiger partial charge in [0.1, 0.15) is 18.0 Å². The number of ketones is 1. The van der Waals surface area contributed by atoms with Gasteiger partial charge in [0, 0.05) is 42.7 Å². The number of Topliss-reactive ketones (excluding diaryl/α,β-unsaturated/α-hetero) is 1. The van der Waals surface area contributed by atoms with Crippen molar-refractivity contribution in [2.24, 2.45) is 52.3 Å². The molecule has 3 N–H and O–H groups in total. The van der Waals surface area contributed by atoms with E-state index in [0.29, 0.717) is 54.8 Å². The van der Waals surface area contributed by atoms with E-state index >= 15 is 0 Å². The molecule has 8 nitrogen and oxygen atoms in total. The van der Waals surface area contributed by atoms with Gasteiger partial charge in [-0.25, -0.2) is 0 Å². The molecule has 252 valence electrons. The van der Waals surface area contributed by atoms with Crippen LogP contribution in [0.5, 0.6) is 5.75 Å². The topological polar surface area (TPSA) is 114 Å². The highest BCUT2D eigenvalue weighted by Crippen LogP contribution is 2.70. The van der Waals surface area contributed by atoms with E-state index in [1.807, 2.05) is 12.1 Å². The summed E-state index contributed by atoms with van der Waals surface area (Å²) < 4.78 is 13.3. The largest absolute Gasteiger partial charge is 0.508 e. The monoisotopic (exact) mass is 634 g/mol. The van der Waals surface area contributed by atoms with Crippen LogP contribution in [0.4, 0.5) is 0 Å². The molecule has 0 bridgehead atoms. The average molecular weight is 635 g/mol. The maximum Gasteiger partial charge on any atom is 0.229 e. The van der Waals surface area contributed by atoms with E-state index in [4.69, 9.17) is 9.47 Å². The summed E-state index contributed by atoms with van der Waals surface area (Å²) >= 11 is 0. The minimum atomic E-state index is -0.506. The molecule has 2 saturated heterocycles. The Labute approximate surface area is 274 Å².